The minimum absolute atomic E-state index is 0.0145. The van der Waals surface area contributed by atoms with Gasteiger partial charge in [-0.1, -0.05) is 41.9 Å². The van der Waals surface area contributed by atoms with Crippen LogP contribution in [0, 0.1) is 5.82 Å². The number of methoxy groups -OCH3 is 1. The van der Waals surface area contributed by atoms with Crippen LogP contribution in [0.4, 0.5) is 4.39 Å². The van der Waals surface area contributed by atoms with Crippen molar-refractivity contribution < 1.29 is 31.8 Å². The summed E-state index contributed by atoms with van der Waals surface area (Å²) in [5.74, 6) is -1.44. The fraction of sp³-hybridized carbons (Fsp3) is 0.208. The molecule has 2 atom stereocenters. The Kier molecular flexibility index (Phi) is 6.74. The van der Waals surface area contributed by atoms with E-state index in [1.54, 1.807) is 37.3 Å². The number of benzene rings is 3. The zero-order valence-corrected chi connectivity index (χ0v) is 21.2. The van der Waals surface area contributed by atoms with Crippen molar-refractivity contribution in [2.75, 3.05) is 12.9 Å². The van der Waals surface area contributed by atoms with E-state index in [1.807, 2.05) is 0 Å². The summed E-state index contributed by atoms with van der Waals surface area (Å²) in [7, 11) is -2.35. The number of rotatable bonds is 6. The second-order valence-corrected chi connectivity index (χ2v) is 11.0. The number of halogens is 3. The molecule has 0 N–H and O–H groups in total. The van der Waals surface area contributed by atoms with Gasteiger partial charge in [0.25, 0.3) is 0 Å². The van der Waals surface area contributed by atoms with Crippen molar-refractivity contribution >= 4 is 43.3 Å². The summed E-state index contributed by atoms with van der Waals surface area (Å²) in [6, 6.07) is 15.3. The summed E-state index contributed by atoms with van der Waals surface area (Å²) in [6.45, 7) is 1.55. The molecule has 0 fully saturated rings. The summed E-state index contributed by atoms with van der Waals surface area (Å²) < 4.78 is 56.5. The molecule has 3 aromatic carbocycles. The van der Waals surface area contributed by atoms with Gasteiger partial charge in [-0.2, -0.15) is 0 Å². The molecule has 1 aliphatic rings. The predicted molar refractivity (Wildman–Crippen MR) is 127 cm³/mol. The maximum absolute atomic E-state index is 13.7. The van der Waals surface area contributed by atoms with Crippen LogP contribution in [-0.2, 0) is 29.7 Å². The quantitative estimate of drug-likeness (QED) is 0.341. The van der Waals surface area contributed by atoms with Crippen LogP contribution in [0.2, 0.25) is 5.02 Å². The van der Waals surface area contributed by atoms with Crippen LogP contribution < -0.4 is 4.74 Å². The van der Waals surface area contributed by atoms with Gasteiger partial charge in [0.05, 0.1) is 15.1 Å². The number of ether oxygens (including phenoxy) is 3. The molecular formula is C24H19BrClFO6S. The van der Waals surface area contributed by atoms with Crippen molar-refractivity contribution in [2.24, 2.45) is 0 Å². The Morgan fingerprint density at radius 2 is 1.85 bits per heavy atom. The SMILES string of the molecule is CO[C@](C)(C(=O)O[C@H]1CS(=O)(=O)c2ccc(Oc3cc(F)cc(Cl)c3)c(Br)c21)c1ccccc1. The zero-order valence-electron chi connectivity index (χ0n) is 18.0. The van der Waals surface area contributed by atoms with Crippen LogP contribution in [-0.4, -0.2) is 27.2 Å². The molecule has 0 saturated heterocycles. The number of hydrogen-bond donors (Lipinski definition) is 0. The van der Waals surface area contributed by atoms with Gasteiger partial charge < -0.3 is 14.2 Å². The second-order valence-electron chi connectivity index (χ2n) is 7.78. The van der Waals surface area contributed by atoms with Gasteiger partial charge in [-0.05, 0) is 52.7 Å². The molecule has 178 valence electrons. The molecule has 0 amide bonds. The van der Waals surface area contributed by atoms with Crippen LogP contribution >= 0.6 is 27.5 Å². The van der Waals surface area contributed by atoms with Crippen molar-refractivity contribution in [3.05, 3.63) is 87.1 Å². The van der Waals surface area contributed by atoms with Crippen molar-refractivity contribution in [2.45, 2.75) is 23.5 Å². The van der Waals surface area contributed by atoms with E-state index >= 15 is 0 Å². The topological polar surface area (TPSA) is 78.9 Å². The highest BCUT2D eigenvalue weighted by molar-refractivity contribution is 9.10. The Labute approximate surface area is 209 Å². The summed E-state index contributed by atoms with van der Waals surface area (Å²) in [5.41, 5.74) is -0.658. The molecular weight excluding hydrogens is 551 g/mol. The molecule has 0 aliphatic carbocycles. The van der Waals surface area contributed by atoms with E-state index in [2.05, 4.69) is 15.9 Å². The first-order chi connectivity index (χ1) is 16.0. The first kappa shape index (κ1) is 24.7. The van der Waals surface area contributed by atoms with E-state index in [1.165, 1.54) is 25.3 Å². The number of esters is 1. The molecule has 6 nitrogen and oxygen atoms in total. The van der Waals surface area contributed by atoms with E-state index in [-0.39, 0.29) is 31.5 Å². The third-order valence-corrected chi connectivity index (χ3v) is 8.37. The van der Waals surface area contributed by atoms with E-state index < -0.39 is 39.1 Å². The first-order valence-electron chi connectivity index (χ1n) is 10.1. The number of carbonyl (C=O) groups is 1. The molecule has 0 radical (unpaired) electrons. The Hall–Kier alpha value is -2.46. The van der Waals surface area contributed by atoms with E-state index in [9.17, 15) is 17.6 Å². The van der Waals surface area contributed by atoms with E-state index in [0.29, 0.717) is 5.56 Å². The normalized spacial score (nSPS) is 18.1. The molecule has 1 aliphatic heterocycles. The van der Waals surface area contributed by atoms with Crippen molar-refractivity contribution in [3.63, 3.8) is 0 Å². The molecule has 4 rings (SSSR count). The summed E-state index contributed by atoms with van der Waals surface area (Å²) >= 11 is 9.28. The molecule has 0 spiro atoms. The van der Waals surface area contributed by atoms with Gasteiger partial charge in [-0.3, -0.25) is 0 Å². The molecule has 3 aromatic rings. The molecule has 10 heteroatoms. The standard InChI is InChI=1S/C24H19BrClFO6S/c1-24(31-2,14-6-4-3-5-7-14)23(28)33-19-13-34(29,30)20-9-8-18(22(25)21(19)20)32-17-11-15(26)10-16(27)12-17/h3-12,19H,13H2,1-2H3/t19-,24-/m0/s1. The Morgan fingerprint density at radius 3 is 2.50 bits per heavy atom. The lowest BCUT2D eigenvalue weighted by Crippen LogP contribution is -2.37. The van der Waals surface area contributed by atoms with Crippen LogP contribution in [0.1, 0.15) is 24.2 Å². The maximum Gasteiger partial charge on any atom is 0.343 e. The monoisotopic (exact) mass is 568 g/mol. The van der Waals surface area contributed by atoms with E-state index in [4.69, 9.17) is 25.8 Å². The number of sulfone groups is 1. The zero-order chi connectivity index (χ0) is 24.7. The smallest absolute Gasteiger partial charge is 0.343 e. The lowest BCUT2D eigenvalue weighted by Gasteiger charge is -2.28. The largest absolute Gasteiger partial charge is 0.456 e. The van der Waals surface area contributed by atoms with Crippen LogP contribution in [0.5, 0.6) is 11.5 Å². The lowest BCUT2D eigenvalue weighted by atomic mass is 9.96. The van der Waals surface area contributed by atoms with Gasteiger partial charge in [0.1, 0.15) is 23.4 Å². The molecule has 0 saturated carbocycles. The van der Waals surface area contributed by atoms with Gasteiger partial charge in [0, 0.05) is 23.8 Å². The predicted octanol–water partition coefficient (Wildman–Crippen LogP) is 5.97. The second kappa shape index (κ2) is 9.30. The summed E-state index contributed by atoms with van der Waals surface area (Å²) in [5, 5.41) is 0.140. The highest BCUT2D eigenvalue weighted by Crippen LogP contribution is 2.46. The fourth-order valence-electron chi connectivity index (χ4n) is 3.70. The minimum atomic E-state index is -3.73. The minimum Gasteiger partial charge on any atom is -0.456 e. The third kappa shape index (κ3) is 4.57. The van der Waals surface area contributed by atoms with Gasteiger partial charge in [0.15, 0.2) is 15.4 Å². The summed E-state index contributed by atoms with van der Waals surface area (Å²) in [4.78, 5) is 13.2. The first-order valence-corrected chi connectivity index (χ1v) is 12.9. The highest BCUT2D eigenvalue weighted by Gasteiger charge is 2.44. The van der Waals surface area contributed by atoms with Gasteiger partial charge in [-0.15, -0.1) is 0 Å². The third-order valence-electron chi connectivity index (χ3n) is 5.57. The average molecular weight is 570 g/mol. The number of hydrogen-bond acceptors (Lipinski definition) is 6. The molecule has 0 bridgehead atoms. The highest BCUT2D eigenvalue weighted by atomic mass is 79.9. The average Bonchev–Trinajstić information content (AvgIpc) is 3.04. The lowest BCUT2D eigenvalue weighted by molar-refractivity contribution is -0.173. The molecule has 0 aromatic heterocycles. The Morgan fingerprint density at radius 1 is 1.15 bits per heavy atom. The van der Waals surface area contributed by atoms with Crippen LogP contribution in [0.15, 0.2) is 70.0 Å². The molecule has 1 heterocycles. The van der Waals surface area contributed by atoms with Crippen molar-refractivity contribution in [1.82, 2.24) is 0 Å². The van der Waals surface area contributed by atoms with E-state index in [0.717, 1.165) is 12.1 Å². The van der Waals surface area contributed by atoms with Crippen molar-refractivity contribution in [1.29, 1.82) is 0 Å². The maximum atomic E-state index is 13.7. The van der Waals surface area contributed by atoms with Crippen LogP contribution in [0.3, 0.4) is 0 Å². The van der Waals surface area contributed by atoms with Crippen molar-refractivity contribution in [3.8, 4) is 11.5 Å². The molecule has 34 heavy (non-hydrogen) atoms. The summed E-state index contributed by atoms with van der Waals surface area (Å²) in [6.07, 6.45) is -1.11. The van der Waals surface area contributed by atoms with Crippen LogP contribution in [0.25, 0.3) is 0 Å². The van der Waals surface area contributed by atoms with Gasteiger partial charge >= 0.3 is 5.97 Å². The van der Waals surface area contributed by atoms with Gasteiger partial charge in [0.2, 0.25) is 0 Å². The number of carbonyl (C=O) groups excluding carboxylic acids is 1. The Balaban J connectivity index is 1.70. The number of fused-ring (bicyclic) bond motifs is 1. The Bertz CT molecular complexity index is 1350. The van der Waals surface area contributed by atoms with Gasteiger partial charge in [-0.25, -0.2) is 17.6 Å². The molecule has 0 unspecified atom stereocenters. The fourth-order valence-corrected chi connectivity index (χ4v) is 6.38.